The third kappa shape index (κ3) is 3.25. The van der Waals surface area contributed by atoms with Crippen molar-refractivity contribution in [1.29, 1.82) is 0 Å². The van der Waals surface area contributed by atoms with Gasteiger partial charge in [0.05, 0.1) is 6.21 Å². The van der Waals surface area contributed by atoms with E-state index in [-0.39, 0.29) is 4.75 Å². The first-order chi connectivity index (χ1) is 5.00. The van der Waals surface area contributed by atoms with Crippen molar-refractivity contribution in [3.05, 3.63) is 0 Å². The van der Waals surface area contributed by atoms with Crippen molar-refractivity contribution in [2.24, 2.45) is 10.3 Å². The first-order valence-corrected chi connectivity index (χ1v) is 5.07. The fourth-order valence-corrected chi connectivity index (χ4v) is 1.14. The standard InChI is InChI=1S/C8H15NOS/c1-8(2,3)11(10)9-6-7-4-5-7/h6-7H,4-5H2,1-3H3/t11-/m1/s1. The molecule has 0 bridgehead atoms. The molecule has 2 nitrogen and oxygen atoms in total. The molecule has 1 atom stereocenters. The van der Waals surface area contributed by atoms with Gasteiger partial charge in [0.25, 0.3) is 0 Å². The lowest BCUT2D eigenvalue weighted by molar-refractivity contribution is 0.561. The van der Waals surface area contributed by atoms with Gasteiger partial charge in [0, 0.05) is 0 Å². The molecule has 0 saturated heterocycles. The van der Waals surface area contributed by atoms with Crippen LogP contribution in [-0.4, -0.2) is 15.5 Å². The van der Waals surface area contributed by atoms with Crippen LogP contribution in [-0.2, 0) is 11.4 Å². The van der Waals surface area contributed by atoms with Crippen molar-refractivity contribution in [3.8, 4) is 0 Å². The maximum absolute atomic E-state index is 11.3. The highest BCUT2D eigenvalue weighted by Crippen LogP contribution is 2.27. The smallest absolute Gasteiger partial charge is 0.144 e. The lowest BCUT2D eigenvalue weighted by Crippen LogP contribution is -2.25. The van der Waals surface area contributed by atoms with E-state index in [1.54, 1.807) is 0 Å². The summed E-state index contributed by atoms with van der Waals surface area (Å²) in [5.74, 6) is 0.626. The summed E-state index contributed by atoms with van der Waals surface area (Å²) in [5, 5.41) is 0. The van der Waals surface area contributed by atoms with Crippen molar-refractivity contribution in [3.63, 3.8) is 0 Å². The largest absolute Gasteiger partial charge is 0.591 e. The van der Waals surface area contributed by atoms with Gasteiger partial charge in [-0.15, -0.1) is 0 Å². The van der Waals surface area contributed by atoms with E-state index in [4.69, 9.17) is 0 Å². The summed E-state index contributed by atoms with van der Waals surface area (Å²) in [6, 6.07) is 0. The van der Waals surface area contributed by atoms with Gasteiger partial charge in [0.1, 0.15) is 16.1 Å². The summed E-state index contributed by atoms with van der Waals surface area (Å²) in [5.41, 5.74) is 0. The molecule has 1 aliphatic rings. The average molecular weight is 173 g/mol. The van der Waals surface area contributed by atoms with E-state index in [2.05, 4.69) is 4.40 Å². The van der Waals surface area contributed by atoms with Crippen LogP contribution in [0.3, 0.4) is 0 Å². The SMILES string of the molecule is CC(C)(C)[S@@+]([O-])N=CC1CC1. The Morgan fingerprint density at radius 2 is 2.00 bits per heavy atom. The zero-order chi connectivity index (χ0) is 8.48. The lowest BCUT2D eigenvalue weighted by atomic mass is 10.3. The van der Waals surface area contributed by atoms with Crippen LogP contribution in [0.4, 0.5) is 0 Å². The molecule has 0 aromatic rings. The van der Waals surface area contributed by atoms with Gasteiger partial charge in [0.15, 0.2) is 0 Å². The monoisotopic (exact) mass is 173 g/mol. The van der Waals surface area contributed by atoms with E-state index in [9.17, 15) is 4.55 Å². The van der Waals surface area contributed by atoms with Gasteiger partial charge in [-0.25, -0.2) is 0 Å². The van der Waals surface area contributed by atoms with Crippen LogP contribution in [0.15, 0.2) is 4.40 Å². The molecule has 0 N–H and O–H groups in total. The molecule has 1 aliphatic carbocycles. The van der Waals surface area contributed by atoms with E-state index < -0.39 is 11.4 Å². The molecule has 0 aromatic carbocycles. The predicted octanol–water partition coefficient (Wildman–Crippen LogP) is 1.93. The molecule has 0 spiro atoms. The van der Waals surface area contributed by atoms with Gasteiger partial charge in [-0.05, 0) is 39.5 Å². The Bertz CT molecular complexity index is 158. The maximum Gasteiger partial charge on any atom is 0.144 e. The summed E-state index contributed by atoms with van der Waals surface area (Å²) < 4.78 is 15.1. The summed E-state index contributed by atoms with van der Waals surface area (Å²) in [6.45, 7) is 5.81. The van der Waals surface area contributed by atoms with Gasteiger partial charge >= 0.3 is 0 Å². The fourth-order valence-electron chi connectivity index (χ4n) is 0.545. The minimum atomic E-state index is -1.05. The van der Waals surface area contributed by atoms with Gasteiger partial charge in [-0.3, -0.25) is 0 Å². The molecular formula is C8H15NOS. The third-order valence-corrected chi connectivity index (χ3v) is 2.87. The molecule has 0 unspecified atom stereocenters. The van der Waals surface area contributed by atoms with Gasteiger partial charge in [-0.1, -0.05) is 4.40 Å². The molecule has 0 radical (unpaired) electrons. The molecule has 3 heteroatoms. The molecule has 1 rings (SSSR count). The zero-order valence-corrected chi connectivity index (χ0v) is 8.15. The molecular weight excluding hydrogens is 158 g/mol. The fraction of sp³-hybridized carbons (Fsp3) is 0.875. The van der Waals surface area contributed by atoms with Crippen molar-refractivity contribution in [1.82, 2.24) is 0 Å². The van der Waals surface area contributed by atoms with E-state index in [0.29, 0.717) is 5.92 Å². The summed E-state index contributed by atoms with van der Waals surface area (Å²) >= 11 is -1.05. The highest BCUT2D eigenvalue weighted by molar-refractivity contribution is 7.91. The average Bonchev–Trinajstić information content (AvgIpc) is 2.62. The van der Waals surface area contributed by atoms with E-state index >= 15 is 0 Å². The van der Waals surface area contributed by atoms with Crippen LogP contribution in [0.5, 0.6) is 0 Å². The maximum atomic E-state index is 11.3. The summed E-state index contributed by atoms with van der Waals surface area (Å²) in [4.78, 5) is 0. The van der Waals surface area contributed by atoms with Gasteiger partial charge in [0.2, 0.25) is 0 Å². The number of rotatable bonds is 2. The molecule has 1 fully saturated rings. The Morgan fingerprint density at radius 1 is 1.45 bits per heavy atom. The highest BCUT2D eigenvalue weighted by atomic mass is 32.2. The zero-order valence-electron chi connectivity index (χ0n) is 7.33. The van der Waals surface area contributed by atoms with E-state index in [1.807, 2.05) is 27.0 Å². The molecule has 64 valence electrons. The second-order valence-corrected chi connectivity index (χ2v) is 5.89. The Balaban J connectivity index is 2.34. The molecule has 0 amide bonds. The Hall–Kier alpha value is -0.0200. The normalized spacial score (nSPS) is 22.5. The highest BCUT2D eigenvalue weighted by Gasteiger charge is 2.27. The predicted molar refractivity (Wildman–Crippen MR) is 49.1 cm³/mol. The van der Waals surface area contributed by atoms with Crippen LogP contribution < -0.4 is 0 Å². The molecule has 11 heavy (non-hydrogen) atoms. The minimum Gasteiger partial charge on any atom is -0.591 e. The van der Waals surface area contributed by atoms with Crippen LogP contribution in [0.1, 0.15) is 33.6 Å². The summed E-state index contributed by atoms with van der Waals surface area (Å²) in [7, 11) is 0. The van der Waals surface area contributed by atoms with Crippen molar-refractivity contribution < 1.29 is 4.55 Å². The number of nitrogens with zero attached hydrogens (tertiary/aromatic N) is 1. The van der Waals surface area contributed by atoms with Crippen LogP contribution >= 0.6 is 0 Å². The first-order valence-electron chi connectivity index (χ1n) is 3.96. The second-order valence-electron chi connectivity index (χ2n) is 3.95. The van der Waals surface area contributed by atoms with Crippen molar-refractivity contribution in [2.45, 2.75) is 38.4 Å². The van der Waals surface area contributed by atoms with E-state index in [1.165, 1.54) is 12.8 Å². The quantitative estimate of drug-likeness (QED) is 0.464. The molecule has 0 heterocycles. The molecule has 0 aliphatic heterocycles. The summed E-state index contributed by atoms with van der Waals surface area (Å²) in [6.07, 6.45) is 4.30. The van der Waals surface area contributed by atoms with Gasteiger partial charge in [-0.2, -0.15) is 0 Å². The molecule has 0 aromatic heterocycles. The van der Waals surface area contributed by atoms with Crippen LogP contribution in [0, 0.1) is 5.92 Å². The Labute approximate surface area is 71.4 Å². The second kappa shape index (κ2) is 3.15. The Kier molecular flexibility index (Phi) is 2.60. The number of hydrogen-bond acceptors (Lipinski definition) is 2. The first kappa shape index (κ1) is 9.07. The lowest BCUT2D eigenvalue weighted by Gasteiger charge is -2.17. The van der Waals surface area contributed by atoms with Crippen LogP contribution in [0.2, 0.25) is 0 Å². The van der Waals surface area contributed by atoms with Crippen LogP contribution in [0.25, 0.3) is 0 Å². The minimum absolute atomic E-state index is 0.203. The van der Waals surface area contributed by atoms with Crippen molar-refractivity contribution >= 4 is 17.6 Å². The van der Waals surface area contributed by atoms with Crippen molar-refractivity contribution in [2.75, 3.05) is 0 Å². The Morgan fingerprint density at radius 3 is 2.36 bits per heavy atom. The number of hydrogen-bond donors (Lipinski definition) is 0. The third-order valence-electron chi connectivity index (χ3n) is 1.51. The molecule has 1 saturated carbocycles. The van der Waals surface area contributed by atoms with Gasteiger partial charge < -0.3 is 4.55 Å². The topological polar surface area (TPSA) is 35.4 Å². The van der Waals surface area contributed by atoms with E-state index in [0.717, 1.165) is 0 Å².